The summed E-state index contributed by atoms with van der Waals surface area (Å²) in [5.41, 5.74) is 1.19. The highest BCUT2D eigenvalue weighted by Gasteiger charge is 2.24. The first kappa shape index (κ1) is 24.4. The minimum absolute atomic E-state index is 0.0114. The average Bonchev–Trinajstić information content (AvgIpc) is 3.19. The SMILES string of the molecule is C=CCN(CC(=O)N(Cc1ccccc1)Cc1ccco1)C(=O)C[C@H](C)CC(C)(C)C. The van der Waals surface area contributed by atoms with E-state index >= 15 is 0 Å². The molecule has 0 saturated carbocycles. The zero-order chi connectivity index (χ0) is 22.9. The van der Waals surface area contributed by atoms with Crippen molar-refractivity contribution in [3.63, 3.8) is 0 Å². The fourth-order valence-electron chi connectivity index (χ4n) is 3.85. The molecule has 1 atom stereocenters. The quantitative estimate of drug-likeness (QED) is 0.461. The molecule has 0 N–H and O–H groups in total. The van der Waals surface area contributed by atoms with Gasteiger partial charge in [-0.2, -0.15) is 0 Å². The van der Waals surface area contributed by atoms with Gasteiger partial charge in [0.2, 0.25) is 11.8 Å². The molecule has 0 radical (unpaired) electrons. The molecular formula is C26H36N2O3. The molecule has 0 unspecified atom stereocenters. The molecule has 0 bridgehead atoms. The molecule has 0 aliphatic carbocycles. The Morgan fingerprint density at radius 2 is 1.74 bits per heavy atom. The molecule has 2 amide bonds. The minimum Gasteiger partial charge on any atom is -0.467 e. The Bertz CT molecular complexity index is 822. The summed E-state index contributed by atoms with van der Waals surface area (Å²) in [6.07, 6.45) is 4.65. The lowest BCUT2D eigenvalue weighted by Crippen LogP contribution is -2.43. The number of carbonyl (C=O) groups excluding carboxylic acids is 2. The summed E-state index contributed by atoms with van der Waals surface area (Å²) in [5.74, 6) is 0.838. The maximum Gasteiger partial charge on any atom is 0.242 e. The molecular weight excluding hydrogens is 388 g/mol. The van der Waals surface area contributed by atoms with Crippen LogP contribution in [0.1, 0.15) is 51.9 Å². The zero-order valence-electron chi connectivity index (χ0n) is 19.3. The van der Waals surface area contributed by atoms with E-state index in [9.17, 15) is 9.59 Å². The van der Waals surface area contributed by atoms with E-state index in [1.807, 2.05) is 42.5 Å². The number of hydrogen-bond acceptors (Lipinski definition) is 3. The lowest BCUT2D eigenvalue weighted by atomic mass is 9.84. The van der Waals surface area contributed by atoms with Crippen LogP contribution in [0.2, 0.25) is 0 Å². The molecule has 1 aromatic carbocycles. The summed E-state index contributed by atoms with van der Waals surface area (Å²) in [4.78, 5) is 29.5. The van der Waals surface area contributed by atoms with Gasteiger partial charge in [-0.05, 0) is 35.4 Å². The van der Waals surface area contributed by atoms with Crippen molar-refractivity contribution in [3.05, 3.63) is 72.7 Å². The fraction of sp³-hybridized carbons (Fsp3) is 0.462. The first-order valence-corrected chi connectivity index (χ1v) is 10.9. The largest absolute Gasteiger partial charge is 0.467 e. The highest BCUT2D eigenvalue weighted by molar-refractivity contribution is 5.85. The third kappa shape index (κ3) is 8.83. The Morgan fingerprint density at radius 3 is 2.32 bits per heavy atom. The Hall–Kier alpha value is -2.82. The standard InChI is InChI=1S/C26H36N2O3/c1-6-14-27(24(29)16-21(2)17-26(3,4)5)20-25(30)28(19-23-13-10-15-31-23)18-22-11-8-7-9-12-22/h6-13,15,21H,1,14,16-20H2,2-5H3/t21-/m0/s1. The lowest BCUT2D eigenvalue weighted by Gasteiger charge is -2.28. The Labute approximate surface area is 186 Å². The Kier molecular flexibility index (Phi) is 9.10. The van der Waals surface area contributed by atoms with E-state index in [-0.39, 0.29) is 29.7 Å². The van der Waals surface area contributed by atoms with E-state index in [1.165, 1.54) is 0 Å². The van der Waals surface area contributed by atoms with Crippen molar-refractivity contribution in [3.8, 4) is 0 Å². The van der Waals surface area contributed by atoms with Gasteiger partial charge in [-0.25, -0.2) is 0 Å². The maximum absolute atomic E-state index is 13.2. The van der Waals surface area contributed by atoms with E-state index in [2.05, 4.69) is 34.3 Å². The molecule has 5 heteroatoms. The van der Waals surface area contributed by atoms with Gasteiger partial charge in [0.25, 0.3) is 0 Å². The molecule has 0 fully saturated rings. The second kappa shape index (κ2) is 11.5. The Balaban J connectivity index is 2.09. The average molecular weight is 425 g/mol. The molecule has 31 heavy (non-hydrogen) atoms. The van der Waals surface area contributed by atoms with Gasteiger partial charge in [-0.15, -0.1) is 6.58 Å². The predicted octanol–water partition coefficient (Wildman–Crippen LogP) is 5.29. The number of nitrogens with zero attached hydrogens (tertiary/aromatic N) is 2. The van der Waals surface area contributed by atoms with Crippen LogP contribution >= 0.6 is 0 Å². The van der Waals surface area contributed by atoms with Crippen LogP contribution in [0.25, 0.3) is 0 Å². The van der Waals surface area contributed by atoms with Gasteiger partial charge in [-0.3, -0.25) is 9.59 Å². The second-order valence-corrected chi connectivity index (χ2v) is 9.45. The van der Waals surface area contributed by atoms with Gasteiger partial charge in [-0.1, -0.05) is 64.1 Å². The zero-order valence-corrected chi connectivity index (χ0v) is 19.3. The van der Waals surface area contributed by atoms with E-state index in [0.29, 0.717) is 31.8 Å². The number of benzene rings is 1. The van der Waals surface area contributed by atoms with Crippen molar-refractivity contribution in [2.75, 3.05) is 13.1 Å². The highest BCUT2D eigenvalue weighted by Crippen LogP contribution is 2.26. The van der Waals surface area contributed by atoms with Crippen LogP contribution < -0.4 is 0 Å². The van der Waals surface area contributed by atoms with Gasteiger partial charge < -0.3 is 14.2 Å². The van der Waals surface area contributed by atoms with Crippen molar-refractivity contribution in [1.82, 2.24) is 9.80 Å². The van der Waals surface area contributed by atoms with E-state index in [1.54, 1.807) is 22.1 Å². The fourth-order valence-corrected chi connectivity index (χ4v) is 3.85. The van der Waals surface area contributed by atoms with Crippen LogP contribution in [-0.4, -0.2) is 34.7 Å². The first-order valence-electron chi connectivity index (χ1n) is 10.9. The van der Waals surface area contributed by atoms with Crippen molar-refractivity contribution in [2.24, 2.45) is 11.3 Å². The summed E-state index contributed by atoms with van der Waals surface area (Å²) in [5, 5.41) is 0. The topological polar surface area (TPSA) is 53.8 Å². The molecule has 0 aliphatic heterocycles. The molecule has 168 valence electrons. The van der Waals surface area contributed by atoms with Gasteiger partial charge >= 0.3 is 0 Å². The molecule has 5 nitrogen and oxygen atoms in total. The van der Waals surface area contributed by atoms with Crippen LogP contribution in [-0.2, 0) is 22.7 Å². The molecule has 2 aromatic rings. The van der Waals surface area contributed by atoms with Crippen LogP contribution in [0.4, 0.5) is 0 Å². The molecule has 1 aromatic heterocycles. The number of hydrogen-bond donors (Lipinski definition) is 0. The van der Waals surface area contributed by atoms with E-state index < -0.39 is 0 Å². The molecule has 0 spiro atoms. The summed E-state index contributed by atoms with van der Waals surface area (Å²) in [6, 6.07) is 13.5. The van der Waals surface area contributed by atoms with E-state index in [4.69, 9.17) is 4.42 Å². The maximum atomic E-state index is 13.2. The van der Waals surface area contributed by atoms with Crippen molar-refractivity contribution in [1.29, 1.82) is 0 Å². The molecule has 0 saturated heterocycles. The van der Waals surface area contributed by atoms with Gasteiger partial charge in [0.15, 0.2) is 0 Å². The van der Waals surface area contributed by atoms with E-state index in [0.717, 1.165) is 12.0 Å². The number of furan rings is 1. The number of rotatable bonds is 11. The van der Waals surface area contributed by atoms with Crippen LogP contribution in [0.5, 0.6) is 0 Å². The normalized spacial score (nSPS) is 12.3. The summed E-state index contributed by atoms with van der Waals surface area (Å²) < 4.78 is 5.46. The van der Waals surface area contributed by atoms with Gasteiger partial charge in [0, 0.05) is 19.5 Å². The van der Waals surface area contributed by atoms with Gasteiger partial charge in [0.1, 0.15) is 12.3 Å². The lowest BCUT2D eigenvalue weighted by molar-refractivity contribution is -0.141. The summed E-state index contributed by atoms with van der Waals surface area (Å²) in [7, 11) is 0. The molecule has 1 heterocycles. The van der Waals surface area contributed by atoms with Crippen LogP contribution in [0.15, 0.2) is 65.8 Å². The van der Waals surface area contributed by atoms with Crippen molar-refractivity contribution >= 4 is 11.8 Å². The highest BCUT2D eigenvalue weighted by atomic mass is 16.3. The molecule has 2 rings (SSSR count). The van der Waals surface area contributed by atoms with Crippen LogP contribution in [0, 0.1) is 11.3 Å². The predicted molar refractivity (Wildman–Crippen MR) is 124 cm³/mol. The summed E-state index contributed by atoms with van der Waals surface area (Å²) >= 11 is 0. The Morgan fingerprint density at radius 1 is 1.03 bits per heavy atom. The number of carbonyl (C=O) groups is 2. The summed E-state index contributed by atoms with van der Waals surface area (Å²) in [6.45, 7) is 13.6. The van der Waals surface area contributed by atoms with Crippen molar-refractivity contribution < 1.29 is 14.0 Å². The monoisotopic (exact) mass is 424 g/mol. The first-order chi connectivity index (χ1) is 14.7. The smallest absolute Gasteiger partial charge is 0.242 e. The third-order valence-electron chi connectivity index (χ3n) is 5.01. The third-order valence-corrected chi connectivity index (χ3v) is 5.01. The van der Waals surface area contributed by atoms with Crippen LogP contribution in [0.3, 0.4) is 0 Å². The number of amides is 2. The minimum atomic E-state index is -0.112. The van der Waals surface area contributed by atoms with Crippen molar-refractivity contribution in [2.45, 2.75) is 53.6 Å². The molecule has 0 aliphatic rings. The van der Waals surface area contributed by atoms with Gasteiger partial charge in [0.05, 0.1) is 12.8 Å². The second-order valence-electron chi connectivity index (χ2n) is 9.45.